The fraction of sp³-hybridized carbons (Fsp3) is 0.462. The number of thioether (sulfide) groups is 1. The molecule has 0 saturated heterocycles. The molecule has 3 nitrogen and oxygen atoms in total. The average molecular weight is 308 g/mol. The molecule has 0 aliphatic carbocycles. The number of alkyl halides is 3. The van der Waals surface area contributed by atoms with Crippen LogP contribution in [0.25, 0.3) is 0 Å². The molecular formula is C13H15F3O3S. The lowest BCUT2D eigenvalue weighted by atomic mass is 10.1. The molecule has 0 N–H and O–H groups in total. The van der Waals surface area contributed by atoms with Gasteiger partial charge in [-0.3, -0.25) is 4.79 Å². The first-order valence-electron chi connectivity index (χ1n) is 5.90. The third-order valence-electron chi connectivity index (χ3n) is 2.41. The lowest BCUT2D eigenvalue weighted by Gasteiger charge is -2.16. The summed E-state index contributed by atoms with van der Waals surface area (Å²) in [5.74, 6) is -0.254. The van der Waals surface area contributed by atoms with E-state index < -0.39 is 16.7 Å². The molecule has 0 heterocycles. The van der Waals surface area contributed by atoms with Crippen LogP contribution < -0.4 is 4.74 Å². The Bertz CT molecular complexity index is 431. The van der Waals surface area contributed by atoms with Gasteiger partial charge in [0.1, 0.15) is 11.0 Å². The maximum absolute atomic E-state index is 12.5. The van der Waals surface area contributed by atoms with Crippen molar-refractivity contribution in [1.82, 2.24) is 0 Å². The fourth-order valence-corrected chi connectivity index (χ4v) is 2.31. The molecule has 0 bridgehead atoms. The molecule has 0 fully saturated rings. The van der Waals surface area contributed by atoms with Gasteiger partial charge in [-0.15, -0.1) is 0 Å². The second-order valence-corrected chi connectivity index (χ2v) is 5.12. The number of carbonyl (C=O) groups is 1. The van der Waals surface area contributed by atoms with Crippen LogP contribution in [-0.4, -0.2) is 30.4 Å². The summed E-state index contributed by atoms with van der Waals surface area (Å²) in [7, 11) is 1.50. The van der Waals surface area contributed by atoms with Crippen LogP contribution in [0.3, 0.4) is 0 Å². The van der Waals surface area contributed by atoms with Crippen LogP contribution in [-0.2, 0) is 16.0 Å². The Kier molecular flexibility index (Phi) is 6.19. The lowest BCUT2D eigenvalue weighted by Crippen LogP contribution is -2.26. The smallest absolute Gasteiger partial charge is 0.442 e. The zero-order valence-electron chi connectivity index (χ0n) is 11.1. The molecule has 0 amide bonds. The highest BCUT2D eigenvalue weighted by Crippen LogP contribution is 2.36. The summed E-state index contributed by atoms with van der Waals surface area (Å²) < 4.78 is 47.0. The summed E-state index contributed by atoms with van der Waals surface area (Å²) in [6.45, 7) is 1.61. The first-order valence-corrected chi connectivity index (χ1v) is 6.77. The van der Waals surface area contributed by atoms with Gasteiger partial charge in [-0.05, 0) is 42.8 Å². The summed E-state index contributed by atoms with van der Waals surface area (Å²) in [5, 5.41) is -1.30. The Morgan fingerprint density at radius 3 is 2.35 bits per heavy atom. The summed E-state index contributed by atoms with van der Waals surface area (Å²) in [6, 6.07) is 6.52. The average Bonchev–Trinajstić information content (AvgIpc) is 2.37. The number of carbonyl (C=O) groups excluding carboxylic acids is 1. The zero-order chi connectivity index (χ0) is 15.2. The van der Waals surface area contributed by atoms with Crippen LogP contribution in [0.1, 0.15) is 12.5 Å². The molecule has 1 aromatic rings. The van der Waals surface area contributed by atoms with Gasteiger partial charge in [0.05, 0.1) is 13.7 Å². The Balaban J connectivity index is 2.79. The standard InChI is InChI=1S/C13H15F3O3S/c1-3-19-12(17)11(20-13(14,15)16)8-9-4-6-10(18-2)7-5-9/h4-7,11H,3,8H2,1-2H3. The molecule has 7 heteroatoms. The number of hydrogen-bond donors (Lipinski definition) is 0. The third-order valence-corrected chi connectivity index (χ3v) is 3.32. The summed E-state index contributed by atoms with van der Waals surface area (Å²) in [6.07, 6.45) is -0.0486. The molecular weight excluding hydrogens is 293 g/mol. The van der Waals surface area contributed by atoms with Crippen molar-refractivity contribution < 1.29 is 27.4 Å². The minimum absolute atomic E-state index is 0.0486. The van der Waals surface area contributed by atoms with Crippen molar-refractivity contribution in [2.45, 2.75) is 24.1 Å². The van der Waals surface area contributed by atoms with Gasteiger partial charge in [-0.1, -0.05) is 12.1 Å². The molecule has 0 aliphatic heterocycles. The summed E-state index contributed by atoms with van der Waals surface area (Å²) in [4.78, 5) is 11.6. The van der Waals surface area contributed by atoms with Crippen LogP contribution in [0, 0.1) is 0 Å². The van der Waals surface area contributed by atoms with E-state index in [0.717, 1.165) is 0 Å². The number of halogens is 3. The van der Waals surface area contributed by atoms with E-state index in [0.29, 0.717) is 11.3 Å². The van der Waals surface area contributed by atoms with E-state index in [-0.39, 0.29) is 24.8 Å². The van der Waals surface area contributed by atoms with Crippen LogP contribution in [0.15, 0.2) is 24.3 Å². The number of hydrogen-bond acceptors (Lipinski definition) is 4. The van der Waals surface area contributed by atoms with Crippen molar-refractivity contribution in [1.29, 1.82) is 0 Å². The molecule has 0 spiro atoms. The van der Waals surface area contributed by atoms with E-state index in [9.17, 15) is 18.0 Å². The number of benzene rings is 1. The Hall–Kier alpha value is -1.37. The van der Waals surface area contributed by atoms with Gasteiger partial charge in [0.25, 0.3) is 0 Å². The molecule has 1 atom stereocenters. The van der Waals surface area contributed by atoms with Gasteiger partial charge in [0, 0.05) is 0 Å². The quantitative estimate of drug-likeness (QED) is 0.754. The highest BCUT2D eigenvalue weighted by Gasteiger charge is 2.37. The minimum Gasteiger partial charge on any atom is -0.497 e. The third kappa shape index (κ3) is 5.73. The van der Waals surface area contributed by atoms with Gasteiger partial charge in [0.15, 0.2) is 0 Å². The molecule has 20 heavy (non-hydrogen) atoms. The molecule has 1 aromatic carbocycles. The second kappa shape index (κ2) is 7.42. The highest BCUT2D eigenvalue weighted by molar-refractivity contribution is 8.01. The zero-order valence-corrected chi connectivity index (χ0v) is 11.9. The molecule has 0 aromatic heterocycles. The Morgan fingerprint density at radius 2 is 1.90 bits per heavy atom. The molecule has 0 radical (unpaired) electrons. The van der Waals surface area contributed by atoms with Gasteiger partial charge >= 0.3 is 11.5 Å². The van der Waals surface area contributed by atoms with Gasteiger partial charge < -0.3 is 9.47 Å². The minimum atomic E-state index is -4.48. The van der Waals surface area contributed by atoms with Crippen molar-refractivity contribution in [3.63, 3.8) is 0 Å². The van der Waals surface area contributed by atoms with E-state index in [2.05, 4.69) is 4.74 Å². The second-order valence-electron chi connectivity index (χ2n) is 3.86. The van der Waals surface area contributed by atoms with Crippen LogP contribution in [0.4, 0.5) is 13.2 Å². The Labute approximate surface area is 119 Å². The van der Waals surface area contributed by atoms with E-state index in [4.69, 9.17) is 4.74 Å². The van der Waals surface area contributed by atoms with Crippen LogP contribution in [0.5, 0.6) is 5.75 Å². The van der Waals surface area contributed by atoms with Crippen molar-refractivity contribution in [2.24, 2.45) is 0 Å². The van der Waals surface area contributed by atoms with E-state index in [1.54, 1.807) is 31.2 Å². The van der Waals surface area contributed by atoms with Crippen molar-refractivity contribution in [2.75, 3.05) is 13.7 Å². The number of methoxy groups -OCH3 is 1. The van der Waals surface area contributed by atoms with Gasteiger partial charge in [0.2, 0.25) is 0 Å². The largest absolute Gasteiger partial charge is 0.497 e. The van der Waals surface area contributed by atoms with E-state index in [1.807, 2.05) is 0 Å². The monoisotopic (exact) mass is 308 g/mol. The van der Waals surface area contributed by atoms with Crippen molar-refractivity contribution >= 4 is 17.7 Å². The predicted molar refractivity (Wildman–Crippen MR) is 70.8 cm³/mol. The SMILES string of the molecule is CCOC(=O)C(Cc1ccc(OC)cc1)SC(F)(F)F. The maximum atomic E-state index is 12.5. The number of rotatable bonds is 6. The summed E-state index contributed by atoms with van der Waals surface area (Å²) in [5.41, 5.74) is -3.87. The van der Waals surface area contributed by atoms with Crippen LogP contribution in [0.2, 0.25) is 0 Å². The summed E-state index contributed by atoms with van der Waals surface area (Å²) >= 11 is -0.351. The first-order chi connectivity index (χ1) is 9.35. The lowest BCUT2D eigenvalue weighted by molar-refractivity contribution is -0.142. The van der Waals surface area contributed by atoms with E-state index in [1.165, 1.54) is 7.11 Å². The molecule has 0 saturated carbocycles. The van der Waals surface area contributed by atoms with Crippen molar-refractivity contribution in [3.8, 4) is 5.75 Å². The maximum Gasteiger partial charge on any atom is 0.442 e. The fourth-order valence-electron chi connectivity index (χ4n) is 1.55. The number of ether oxygens (including phenoxy) is 2. The molecule has 1 rings (SSSR count). The highest BCUT2D eigenvalue weighted by atomic mass is 32.2. The normalized spacial score (nSPS) is 12.8. The molecule has 112 valence electrons. The van der Waals surface area contributed by atoms with Crippen molar-refractivity contribution in [3.05, 3.63) is 29.8 Å². The first kappa shape index (κ1) is 16.7. The van der Waals surface area contributed by atoms with Gasteiger partial charge in [-0.25, -0.2) is 0 Å². The van der Waals surface area contributed by atoms with E-state index >= 15 is 0 Å². The van der Waals surface area contributed by atoms with Gasteiger partial charge in [-0.2, -0.15) is 13.2 Å². The molecule has 0 aliphatic rings. The predicted octanol–water partition coefficient (Wildman–Crippen LogP) is 3.42. The van der Waals surface area contributed by atoms with Crippen LogP contribution >= 0.6 is 11.8 Å². The number of esters is 1. The topological polar surface area (TPSA) is 35.5 Å². The molecule has 1 unspecified atom stereocenters. The Morgan fingerprint density at radius 1 is 1.30 bits per heavy atom.